The van der Waals surface area contributed by atoms with Crippen molar-refractivity contribution in [2.45, 2.75) is 36.1 Å². The number of benzene rings is 2. The van der Waals surface area contributed by atoms with Gasteiger partial charge in [0.25, 0.3) is 0 Å². The van der Waals surface area contributed by atoms with Crippen LogP contribution in [0.1, 0.15) is 31.9 Å². The zero-order valence-corrected chi connectivity index (χ0v) is 14.3. The van der Waals surface area contributed by atoms with Gasteiger partial charge in [-0.15, -0.1) is 0 Å². The van der Waals surface area contributed by atoms with E-state index in [1.807, 2.05) is 11.8 Å². The van der Waals surface area contributed by atoms with Crippen molar-refractivity contribution >= 4 is 27.7 Å². The summed E-state index contributed by atoms with van der Waals surface area (Å²) in [5.74, 6) is 0. The Balaban J connectivity index is 2.23. The predicted molar refractivity (Wildman–Crippen MR) is 91.4 cm³/mol. The summed E-state index contributed by atoms with van der Waals surface area (Å²) in [6.07, 6.45) is 1.15. The molecular weight excluding hydrogens is 330 g/mol. The van der Waals surface area contributed by atoms with E-state index in [9.17, 15) is 0 Å². The Kier molecular flexibility index (Phi) is 6.14. The molecule has 0 aromatic heterocycles. The first-order chi connectivity index (χ1) is 9.70. The van der Waals surface area contributed by atoms with Gasteiger partial charge in [0.15, 0.2) is 0 Å². The molecule has 0 bridgehead atoms. The third kappa shape index (κ3) is 4.37. The van der Waals surface area contributed by atoms with Gasteiger partial charge in [-0.1, -0.05) is 52.8 Å². The van der Waals surface area contributed by atoms with E-state index in [1.54, 1.807) is 0 Å². The van der Waals surface area contributed by atoms with E-state index < -0.39 is 0 Å². The Labute approximate surface area is 134 Å². The van der Waals surface area contributed by atoms with Gasteiger partial charge in [0.1, 0.15) is 0 Å². The van der Waals surface area contributed by atoms with Gasteiger partial charge in [-0.2, -0.15) is 0 Å². The average Bonchev–Trinajstić information content (AvgIpc) is 2.47. The van der Waals surface area contributed by atoms with Crippen LogP contribution in [0.4, 0.5) is 0 Å². The molecule has 1 N–H and O–H groups in total. The van der Waals surface area contributed by atoms with Crippen molar-refractivity contribution in [1.82, 2.24) is 5.32 Å². The van der Waals surface area contributed by atoms with Crippen LogP contribution in [-0.4, -0.2) is 6.54 Å². The highest BCUT2D eigenvalue weighted by atomic mass is 79.9. The largest absolute Gasteiger partial charge is 0.310 e. The van der Waals surface area contributed by atoms with Crippen LogP contribution < -0.4 is 5.32 Å². The number of hydrogen-bond acceptors (Lipinski definition) is 2. The lowest BCUT2D eigenvalue weighted by Crippen LogP contribution is -2.19. The molecule has 2 rings (SSSR count). The van der Waals surface area contributed by atoms with Gasteiger partial charge in [0, 0.05) is 20.3 Å². The van der Waals surface area contributed by atoms with Gasteiger partial charge in [-0.05, 0) is 55.8 Å². The summed E-state index contributed by atoms with van der Waals surface area (Å²) in [6, 6.07) is 17.4. The van der Waals surface area contributed by atoms with Crippen molar-refractivity contribution in [3.8, 4) is 0 Å². The van der Waals surface area contributed by atoms with Crippen LogP contribution in [0.5, 0.6) is 0 Å². The second-order valence-corrected chi connectivity index (χ2v) is 6.80. The molecule has 0 aliphatic rings. The lowest BCUT2D eigenvalue weighted by Gasteiger charge is -2.18. The maximum Gasteiger partial charge on any atom is 0.0303 e. The molecule has 0 amide bonds. The summed E-state index contributed by atoms with van der Waals surface area (Å²) in [5.41, 5.74) is 1.35. The van der Waals surface area contributed by atoms with Crippen molar-refractivity contribution in [2.75, 3.05) is 6.54 Å². The zero-order valence-electron chi connectivity index (χ0n) is 11.9. The summed E-state index contributed by atoms with van der Waals surface area (Å²) < 4.78 is 1.13. The van der Waals surface area contributed by atoms with Crippen LogP contribution in [0.3, 0.4) is 0 Å². The zero-order chi connectivity index (χ0) is 14.4. The minimum Gasteiger partial charge on any atom is -0.310 e. The molecule has 1 nitrogen and oxygen atoms in total. The second-order valence-electron chi connectivity index (χ2n) is 4.77. The smallest absolute Gasteiger partial charge is 0.0303 e. The maximum absolute atomic E-state index is 3.58. The van der Waals surface area contributed by atoms with E-state index in [1.165, 1.54) is 15.4 Å². The summed E-state index contributed by atoms with van der Waals surface area (Å²) >= 11 is 5.41. The minimum absolute atomic E-state index is 0.360. The predicted octanol–water partition coefficient (Wildman–Crippen LogP) is 5.66. The van der Waals surface area contributed by atoms with Crippen LogP contribution in [0.25, 0.3) is 0 Å². The summed E-state index contributed by atoms with van der Waals surface area (Å²) in [6.45, 7) is 5.47. The van der Waals surface area contributed by atoms with E-state index in [0.717, 1.165) is 17.4 Å². The molecule has 106 valence electrons. The Bertz CT molecular complexity index is 542. The number of nitrogens with one attached hydrogen (secondary N) is 1. The van der Waals surface area contributed by atoms with Crippen molar-refractivity contribution in [3.63, 3.8) is 0 Å². The van der Waals surface area contributed by atoms with E-state index in [-0.39, 0.29) is 0 Å². The highest BCUT2D eigenvalue weighted by Crippen LogP contribution is 2.34. The minimum atomic E-state index is 0.360. The van der Waals surface area contributed by atoms with Crippen molar-refractivity contribution in [2.24, 2.45) is 0 Å². The fourth-order valence-electron chi connectivity index (χ4n) is 2.04. The first-order valence-corrected chi connectivity index (χ1v) is 8.57. The Morgan fingerprint density at radius 2 is 1.90 bits per heavy atom. The van der Waals surface area contributed by atoms with E-state index in [4.69, 9.17) is 0 Å². The number of hydrogen-bond donors (Lipinski definition) is 1. The van der Waals surface area contributed by atoms with Crippen LogP contribution in [-0.2, 0) is 0 Å². The fraction of sp³-hybridized carbons (Fsp3) is 0.294. The van der Waals surface area contributed by atoms with Gasteiger partial charge < -0.3 is 5.32 Å². The molecular formula is C17H20BrNS. The van der Waals surface area contributed by atoms with Gasteiger partial charge in [0.2, 0.25) is 0 Å². The molecule has 2 aromatic rings. The normalized spacial score (nSPS) is 12.3. The molecule has 0 spiro atoms. The summed E-state index contributed by atoms with van der Waals surface area (Å²) in [4.78, 5) is 2.59. The molecule has 0 heterocycles. The van der Waals surface area contributed by atoms with Gasteiger partial charge >= 0.3 is 0 Å². The third-order valence-electron chi connectivity index (χ3n) is 3.11. The number of rotatable bonds is 6. The van der Waals surface area contributed by atoms with Crippen molar-refractivity contribution in [3.05, 3.63) is 58.6 Å². The lowest BCUT2D eigenvalue weighted by atomic mass is 10.1. The topological polar surface area (TPSA) is 12.0 Å². The molecule has 0 saturated heterocycles. The molecule has 0 saturated carbocycles. The molecule has 0 radical (unpaired) electrons. The maximum atomic E-state index is 3.58. The quantitative estimate of drug-likeness (QED) is 0.721. The standard InChI is InChI=1S/C17H20BrNS/c1-3-11-19-13(2)16-12-14(18)9-10-17(16)20-15-7-5-4-6-8-15/h4-10,12-13,19H,3,11H2,1-2H3. The molecule has 20 heavy (non-hydrogen) atoms. The highest BCUT2D eigenvalue weighted by Gasteiger charge is 2.11. The Hall–Kier alpha value is -0.770. The van der Waals surface area contributed by atoms with Crippen LogP contribution in [0.2, 0.25) is 0 Å². The number of halogens is 1. The monoisotopic (exact) mass is 349 g/mol. The Morgan fingerprint density at radius 1 is 1.15 bits per heavy atom. The second kappa shape index (κ2) is 7.87. The lowest BCUT2D eigenvalue weighted by molar-refractivity contribution is 0.563. The first-order valence-electron chi connectivity index (χ1n) is 6.96. The summed E-state index contributed by atoms with van der Waals surface area (Å²) in [5, 5.41) is 3.57. The molecule has 1 unspecified atom stereocenters. The molecule has 0 aliphatic heterocycles. The molecule has 0 aliphatic carbocycles. The van der Waals surface area contributed by atoms with Crippen molar-refractivity contribution < 1.29 is 0 Å². The van der Waals surface area contributed by atoms with Gasteiger partial charge in [-0.25, -0.2) is 0 Å². The molecule has 1 atom stereocenters. The fourth-order valence-corrected chi connectivity index (χ4v) is 3.45. The van der Waals surface area contributed by atoms with Gasteiger partial charge in [-0.3, -0.25) is 0 Å². The molecule has 3 heteroatoms. The first kappa shape index (κ1) is 15.6. The molecule has 0 fully saturated rings. The third-order valence-corrected chi connectivity index (χ3v) is 4.70. The van der Waals surface area contributed by atoms with Crippen LogP contribution >= 0.6 is 27.7 Å². The molecule has 2 aromatic carbocycles. The SMILES string of the molecule is CCCNC(C)c1cc(Br)ccc1Sc1ccccc1. The summed E-state index contributed by atoms with van der Waals surface area (Å²) in [7, 11) is 0. The van der Waals surface area contributed by atoms with Crippen molar-refractivity contribution in [1.29, 1.82) is 0 Å². The van der Waals surface area contributed by atoms with E-state index in [0.29, 0.717) is 6.04 Å². The van der Waals surface area contributed by atoms with Gasteiger partial charge in [0.05, 0.1) is 0 Å². The van der Waals surface area contributed by atoms with Crippen LogP contribution in [0, 0.1) is 0 Å². The van der Waals surface area contributed by atoms with E-state index >= 15 is 0 Å². The van der Waals surface area contributed by atoms with E-state index in [2.05, 4.69) is 83.6 Å². The average molecular weight is 350 g/mol. The highest BCUT2D eigenvalue weighted by molar-refractivity contribution is 9.10. The Morgan fingerprint density at radius 3 is 2.60 bits per heavy atom. The van der Waals surface area contributed by atoms with Crippen LogP contribution in [0.15, 0.2) is 62.8 Å².